The molecular weight excluding hydrogens is 550 g/mol. The van der Waals surface area contributed by atoms with E-state index in [9.17, 15) is 18.0 Å². The molecule has 0 aliphatic carbocycles. The van der Waals surface area contributed by atoms with Crippen molar-refractivity contribution >= 4 is 27.5 Å². The van der Waals surface area contributed by atoms with Crippen LogP contribution in [-0.4, -0.2) is 57.6 Å². The molecule has 3 rings (SSSR count). The Labute approximate surface area is 250 Å². The molecule has 9 heteroatoms. The van der Waals surface area contributed by atoms with Gasteiger partial charge in [-0.3, -0.25) is 13.9 Å². The highest BCUT2D eigenvalue weighted by molar-refractivity contribution is 7.92. The zero-order valence-corrected chi connectivity index (χ0v) is 26.1. The second-order valence-electron chi connectivity index (χ2n) is 11.0. The second-order valence-corrected chi connectivity index (χ2v) is 12.9. The summed E-state index contributed by atoms with van der Waals surface area (Å²) in [6, 6.07) is 23.7. The van der Waals surface area contributed by atoms with Crippen molar-refractivity contribution in [3.05, 3.63) is 95.6 Å². The first kappa shape index (κ1) is 32.7. The van der Waals surface area contributed by atoms with Crippen molar-refractivity contribution in [2.75, 3.05) is 30.8 Å². The third kappa shape index (κ3) is 9.62. The number of para-hydroxylation sites is 2. The Morgan fingerprint density at radius 3 is 2.24 bits per heavy atom. The number of methoxy groups -OCH3 is 1. The highest BCUT2D eigenvalue weighted by Crippen LogP contribution is 2.30. The molecule has 3 aromatic rings. The highest BCUT2D eigenvalue weighted by Gasteiger charge is 2.31. The van der Waals surface area contributed by atoms with E-state index in [0.717, 1.165) is 22.9 Å². The zero-order valence-electron chi connectivity index (χ0n) is 25.2. The SMILES string of the molecule is COc1ccccc1N(CCCC(=O)N(Cc1cccc(C)c1)[C@H](Cc1ccccc1)C(=O)NCC(C)C)S(C)(=O)=O. The average Bonchev–Trinajstić information content (AvgIpc) is 2.95. The molecular formula is C33H43N3O5S. The summed E-state index contributed by atoms with van der Waals surface area (Å²) in [5.41, 5.74) is 3.35. The lowest BCUT2D eigenvalue weighted by Gasteiger charge is -2.32. The van der Waals surface area contributed by atoms with Crippen LogP contribution in [0.15, 0.2) is 78.9 Å². The molecule has 0 saturated heterocycles. The number of ether oxygens (including phenoxy) is 1. The van der Waals surface area contributed by atoms with Gasteiger partial charge in [-0.25, -0.2) is 8.42 Å². The summed E-state index contributed by atoms with van der Waals surface area (Å²) >= 11 is 0. The molecule has 0 radical (unpaired) electrons. The largest absolute Gasteiger partial charge is 0.495 e. The number of sulfonamides is 1. The van der Waals surface area contributed by atoms with E-state index in [1.165, 1.54) is 11.4 Å². The van der Waals surface area contributed by atoms with Crippen LogP contribution >= 0.6 is 0 Å². The van der Waals surface area contributed by atoms with E-state index in [-0.39, 0.29) is 43.7 Å². The molecule has 0 saturated carbocycles. The first-order valence-electron chi connectivity index (χ1n) is 14.3. The number of hydrogen-bond acceptors (Lipinski definition) is 5. The van der Waals surface area contributed by atoms with Gasteiger partial charge in [0, 0.05) is 32.5 Å². The molecule has 0 bridgehead atoms. The normalized spacial score (nSPS) is 12.0. The fraction of sp³-hybridized carbons (Fsp3) is 0.394. The highest BCUT2D eigenvalue weighted by atomic mass is 32.2. The molecule has 3 aromatic carbocycles. The topological polar surface area (TPSA) is 96.0 Å². The molecule has 1 N–H and O–H groups in total. The molecule has 1 atom stereocenters. The predicted octanol–water partition coefficient (Wildman–Crippen LogP) is 4.96. The van der Waals surface area contributed by atoms with Crippen molar-refractivity contribution in [2.45, 2.75) is 52.6 Å². The molecule has 0 spiro atoms. The van der Waals surface area contributed by atoms with Crippen molar-refractivity contribution in [3.8, 4) is 5.75 Å². The standard InChI is InChI=1S/C33H43N3O5S/c1-25(2)23-34-33(38)30(22-27-14-7-6-8-15-27)35(24-28-16-11-13-26(3)21-28)32(37)19-12-20-36(42(5,39)40)29-17-9-10-18-31(29)41-4/h6-11,13-18,21,25,30H,12,19-20,22-24H2,1-5H3,(H,34,38)/t30-/m1/s1. The predicted molar refractivity (Wildman–Crippen MR) is 168 cm³/mol. The number of aryl methyl sites for hydroxylation is 1. The van der Waals surface area contributed by atoms with Gasteiger partial charge >= 0.3 is 0 Å². The summed E-state index contributed by atoms with van der Waals surface area (Å²) in [6.07, 6.45) is 1.83. The molecule has 0 fully saturated rings. The van der Waals surface area contributed by atoms with Crippen molar-refractivity contribution < 1.29 is 22.7 Å². The first-order valence-corrected chi connectivity index (χ1v) is 16.1. The lowest BCUT2D eigenvalue weighted by molar-refractivity contribution is -0.141. The van der Waals surface area contributed by atoms with Crippen LogP contribution in [0.25, 0.3) is 0 Å². The number of carbonyl (C=O) groups excluding carboxylic acids is 2. The Balaban J connectivity index is 1.90. The molecule has 0 unspecified atom stereocenters. The monoisotopic (exact) mass is 593 g/mol. The first-order chi connectivity index (χ1) is 20.0. The summed E-state index contributed by atoms with van der Waals surface area (Å²) in [4.78, 5) is 29.2. The van der Waals surface area contributed by atoms with Gasteiger partial charge in [0.15, 0.2) is 0 Å². The number of nitrogens with zero attached hydrogens (tertiary/aromatic N) is 2. The maximum atomic E-state index is 14.0. The Morgan fingerprint density at radius 1 is 0.929 bits per heavy atom. The van der Waals surface area contributed by atoms with Crippen LogP contribution in [0.4, 0.5) is 5.69 Å². The number of rotatable bonds is 15. The molecule has 226 valence electrons. The molecule has 0 aliphatic rings. The van der Waals surface area contributed by atoms with E-state index in [1.807, 2.05) is 75.4 Å². The van der Waals surface area contributed by atoms with E-state index < -0.39 is 16.1 Å². The fourth-order valence-electron chi connectivity index (χ4n) is 4.80. The second kappa shape index (κ2) is 15.4. The van der Waals surface area contributed by atoms with Gasteiger partial charge in [-0.2, -0.15) is 0 Å². The minimum atomic E-state index is -3.64. The smallest absolute Gasteiger partial charge is 0.243 e. The number of benzene rings is 3. The third-order valence-electron chi connectivity index (χ3n) is 6.90. The number of hydrogen-bond donors (Lipinski definition) is 1. The van der Waals surface area contributed by atoms with Crippen LogP contribution in [0.1, 0.15) is 43.4 Å². The van der Waals surface area contributed by atoms with E-state index in [0.29, 0.717) is 24.4 Å². The van der Waals surface area contributed by atoms with Crippen LogP contribution in [0, 0.1) is 12.8 Å². The summed E-state index contributed by atoms with van der Waals surface area (Å²) in [6.45, 7) is 6.89. The van der Waals surface area contributed by atoms with E-state index in [2.05, 4.69) is 5.32 Å². The maximum Gasteiger partial charge on any atom is 0.243 e. The van der Waals surface area contributed by atoms with Gasteiger partial charge in [-0.15, -0.1) is 0 Å². The quantitative estimate of drug-likeness (QED) is 0.269. The summed E-state index contributed by atoms with van der Waals surface area (Å²) < 4.78 is 32.1. The average molecular weight is 594 g/mol. The molecule has 42 heavy (non-hydrogen) atoms. The molecule has 8 nitrogen and oxygen atoms in total. The van der Waals surface area contributed by atoms with Crippen molar-refractivity contribution in [2.24, 2.45) is 5.92 Å². The summed E-state index contributed by atoms with van der Waals surface area (Å²) in [5.74, 6) is 0.259. The van der Waals surface area contributed by atoms with E-state index in [1.54, 1.807) is 29.2 Å². The van der Waals surface area contributed by atoms with Crippen LogP contribution < -0.4 is 14.4 Å². The lowest BCUT2D eigenvalue weighted by Crippen LogP contribution is -2.51. The number of amides is 2. The lowest BCUT2D eigenvalue weighted by atomic mass is 10.0. The third-order valence-corrected chi connectivity index (χ3v) is 8.08. The van der Waals surface area contributed by atoms with Gasteiger partial charge in [-0.1, -0.05) is 86.1 Å². The van der Waals surface area contributed by atoms with Crippen LogP contribution in [0.5, 0.6) is 5.75 Å². The van der Waals surface area contributed by atoms with Crippen LogP contribution in [-0.2, 0) is 32.6 Å². The van der Waals surface area contributed by atoms with Gasteiger partial charge < -0.3 is 15.0 Å². The Hall–Kier alpha value is -3.85. The van der Waals surface area contributed by atoms with E-state index in [4.69, 9.17) is 4.74 Å². The Bertz CT molecular complexity index is 1430. The van der Waals surface area contributed by atoms with Crippen LogP contribution in [0.3, 0.4) is 0 Å². The van der Waals surface area contributed by atoms with Crippen molar-refractivity contribution in [3.63, 3.8) is 0 Å². The van der Waals surface area contributed by atoms with Gasteiger partial charge in [-0.05, 0) is 42.5 Å². The van der Waals surface area contributed by atoms with Crippen LogP contribution in [0.2, 0.25) is 0 Å². The minimum absolute atomic E-state index is 0.0652. The maximum absolute atomic E-state index is 14.0. The fourth-order valence-corrected chi connectivity index (χ4v) is 5.77. The number of nitrogens with one attached hydrogen (secondary N) is 1. The van der Waals surface area contributed by atoms with Gasteiger partial charge in [0.05, 0.1) is 19.1 Å². The Kier molecular flexibility index (Phi) is 12.0. The zero-order chi connectivity index (χ0) is 30.7. The molecule has 0 aromatic heterocycles. The number of anilines is 1. The summed E-state index contributed by atoms with van der Waals surface area (Å²) in [5, 5.41) is 3.03. The number of carbonyl (C=O) groups is 2. The van der Waals surface area contributed by atoms with Crippen molar-refractivity contribution in [1.82, 2.24) is 10.2 Å². The van der Waals surface area contributed by atoms with Gasteiger partial charge in [0.25, 0.3) is 0 Å². The van der Waals surface area contributed by atoms with Crippen molar-refractivity contribution in [1.29, 1.82) is 0 Å². The molecule has 0 aliphatic heterocycles. The summed E-state index contributed by atoms with van der Waals surface area (Å²) in [7, 11) is -2.15. The minimum Gasteiger partial charge on any atom is -0.495 e. The molecule has 2 amide bonds. The Morgan fingerprint density at radius 2 is 1.60 bits per heavy atom. The molecule has 0 heterocycles. The van der Waals surface area contributed by atoms with E-state index >= 15 is 0 Å². The van der Waals surface area contributed by atoms with Gasteiger partial charge in [0.1, 0.15) is 11.8 Å². The van der Waals surface area contributed by atoms with Gasteiger partial charge in [0.2, 0.25) is 21.8 Å².